The van der Waals surface area contributed by atoms with Crippen LogP contribution in [0.1, 0.15) is 12.5 Å². The maximum absolute atomic E-state index is 11.8. The summed E-state index contributed by atoms with van der Waals surface area (Å²) in [5, 5.41) is 2.77. The van der Waals surface area contributed by atoms with Crippen LogP contribution in [0.25, 0.3) is 0 Å². The second-order valence-electron chi connectivity index (χ2n) is 3.52. The van der Waals surface area contributed by atoms with E-state index in [9.17, 15) is 4.79 Å². The average Bonchev–Trinajstić information content (AvgIpc) is 2.36. The summed E-state index contributed by atoms with van der Waals surface area (Å²) in [5.41, 5.74) is 7.63. The summed E-state index contributed by atoms with van der Waals surface area (Å²) in [5.74, 6) is -0.258. The van der Waals surface area contributed by atoms with Crippen molar-refractivity contribution in [1.29, 1.82) is 0 Å². The Bertz CT molecular complexity index is 450. The predicted molar refractivity (Wildman–Crippen MR) is 71.1 cm³/mol. The molecule has 0 saturated heterocycles. The van der Waals surface area contributed by atoms with Crippen LogP contribution in [0.5, 0.6) is 0 Å². The molecule has 0 fully saturated rings. The van der Waals surface area contributed by atoms with Gasteiger partial charge >= 0.3 is 0 Å². The Kier molecular flexibility index (Phi) is 4.94. The van der Waals surface area contributed by atoms with Crippen molar-refractivity contribution in [3.8, 4) is 0 Å². The Hall–Kier alpha value is -2.10. The average molecular weight is 231 g/mol. The van der Waals surface area contributed by atoms with Gasteiger partial charge in [-0.25, -0.2) is 0 Å². The molecule has 0 aliphatic carbocycles. The van der Waals surface area contributed by atoms with Gasteiger partial charge in [-0.05, 0) is 24.1 Å². The van der Waals surface area contributed by atoms with E-state index in [1.165, 1.54) is 18.0 Å². The maximum atomic E-state index is 11.8. The number of nitrogens with one attached hydrogen (secondary N) is 1. The van der Waals surface area contributed by atoms with Crippen LogP contribution in [0.15, 0.2) is 41.0 Å². The molecule has 17 heavy (non-hydrogen) atoms. The van der Waals surface area contributed by atoms with Gasteiger partial charge in [-0.3, -0.25) is 9.79 Å². The monoisotopic (exact) mass is 231 g/mol. The molecule has 0 unspecified atom stereocenters. The summed E-state index contributed by atoms with van der Waals surface area (Å²) in [6, 6.07) is 7.71. The number of amides is 1. The fourth-order valence-electron chi connectivity index (χ4n) is 1.39. The lowest BCUT2D eigenvalue weighted by molar-refractivity contribution is -0.112. The highest BCUT2D eigenvalue weighted by atomic mass is 16.1. The van der Waals surface area contributed by atoms with E-state index in [4.69, 9.17) is 5.73 Å². The zero-order valence-electron chi connectivity index (χ0n) is 10.1. The van der Waals surface area contributed by atoms with Gasteiger partial charge in [-0.1, -0.05) is 19.1 Å². The highest BCUT2D eigenvalue weighted by molar-refractivity contribution is 6.17. The smallest absolute Gasteiger partial charge is 0.258 e. The molecule has 0 spiro atoms. The number of nitrogens with zero attached hydrogens (tertiary/aromatic N) is 1. The molecule has 4 heteroatoms. The Morgan fingerprint density at radius 1 is 1.53 bits per heavy atom. The van der Waals surface area contributed by atoms with E-state index >= 15 is 0 Å². The van der Waals surface area contributed by atoms with Crippen molar-refractivity contribution in [3.63, 3.8) is 0 Å². The predicted octanol–water partition coefficient (Wildman–Crippen LogP) is 1.73. The lowest BCUT2D eigenvalue weighted by Crippen LogP contribution is -2.16. The number of aliphatic imine (C=N–C) groups is 1. The summed E-state index contributed by atoms with van der Waals surface area (Å²) < 4.78 is 0. The first kappa shape index (κ1) is 13.0. The van der Waals surface area contributed by atoms with Gasteiger partial charge in [-0.2, -0.15) is 0 Å². The number of anilines is 1. The van der Waals surface area contributed by atoms with Crippen LogP contribution < -0.4 is 11.1 Å². The van der Waals surface area contributed by atoms with E-state index in [-0.39, 0.29) is 5.91 Å². The van der Waals surface area contributed by atoms with Gasteiger partial charge < -0.3 is 11.1 Å². The molecule has 1 amide bonds. The number of nitrogens with two attached hydrogens (primary N) is 1. The van der Waals surface area contributed by atoms with Crippen molar-refractivity contribution in [2.75, 3.05) is 12.4 Å². The summed E-state index contributed by atoms with van der Waals surface area (Å²) in [6.07, 6.45) is 3.60. The van der Waals surface area contributed by atoms with E-state index in [1.807, 2.05) is 24.3 Å². The SMILES string of the molecule is CCc1cccc(NC(=O)/C(C=NC)=C/N)c1. The van der Waals surface area contributed by atoms with Crippen molar-refractivity contribution < 1.29 is 4.79 Å². The Balaban J connectivity index is 2.80. The second kappa shape index (κ2) is 6.48. The van der Waals surface area contributed by atoms with Crippen molar-refractivity contribution in [3.05, 3.63) is 41.6 Å². The molecule has 0 aliphatic heterocycles. The Morgan fingerprint density at radius 3 is 2.88 bits per heavy atom. The van der Waals surface area contributed by atoms with Crippen LogP contribution in [0.2, 0.25) is 0 Å². The topological polar surface area (TPSA) is 67.5 Å². The molecule has 1 aromatic rings. The van der Waals surface area contributed by atoms with E-state index < -0.39 is 0 Å². The summed E-state index contributed by atoms with van der Waals surface area (Å²) >= 11 is 0. The van der Waals surface area contributed by atoms with E-state index in [0.717, 1.165) is 12.1 Å². The van der Waals surface area contributed by atoms with Crippen LogP contribution in [0.4, 0.5) is 5.69 Å². The third-order valence-electron chi connectivity index (χ3n) is 2.30. The second-order valence-corrected chi connectivity index (χ2v) is 3.52. The minimum absolute atomic E-state index is 0.258. The van der Waals surface area contributed by atoms with Crippen LogP contribution in [0, 0.1) is 0 Å². The number of hydrogen-bond acceptors (Lipinski definition) is 3. The van der Waals surface area contributed by atoms with Crippen molar-refractivity contribution >= 4 is 17.8 Å². The van der Waals surface area contributed by atoms with Gasteiger partial charge in [0, 0.05) is 25.1 Å². The van der Waals surface area contributed by atoms with Crippen LogP contribution in [-0.2, 0) is 11.2 Å². The molecule has 0 radical (unpaired) electrons. The van der Waals surface area contributed by atoms with Gasteiger partial charge in [0.1, 0.15) is 0 Å². The van der Waals surface area contributed by atoms with Gasteiger partial charge in [0.15, 0.2) is 0 Å². The number of aryl methyl sites for hydroxylation is 1. The summed E-state index contributed by atoms with van der Waals surface area (Å²) in [4.78, 5) is 15.6. The van der Waals surface area contributed by atoms with E-state index in [2.05, 4.69) is 17.2 Å². The molecule has 0 bridgehead atoms. The third kappa shape index (κ3) is 3.75. The zero-order chi connectivity index (χ0) is 12.7. The van der Waals surface area contributed by atoms with Crippen LogP contribution in [0.3, 0.4) is 0 Å². The Labute approximate surface area is 101 Å². The lowest BCUT2D eigenvalue weighted by Gasteiger charge is -2.06. The maximum Gasteiger partial charge on any atom is 0.258 e. The highest BCUT2D eigenvalue weighted by Gasteiger charge is 2.06. The molecular formula is C13H17N3O. The molecular weight excluding hydrogens is 214 g/mol. The first-order valence-electron chi connectivity index (χ1n) is 5.45. The molecule has 1 aromatic carbocycles. The van der Waals surface area contributed by atoms with Crippen molar-refractivity contribution in [2.24, 2.45) is 10.7 Å². The molecule has 90 valence electrons. The minimum atomic E-state index is -0.258. The van der Waals surface area contributed by atoms with Crippen molar-refractivity contribution in [2.45, 2.75) is 13.3 Å². The minimum Gasteiger partial charge on any atom is -0.404 e. The van der Waals surface area contributed by atoms with Crippen LogP contribution >= 0.6 is 0 Å². The molecule has 3 N–H and O–H groups in total. The fraction of sp³-hybridized carbons (Fsp3) is 0.231. The van der Waals surface area contributed by atoms with Gasteiger partial charge in [-0.15, -0.1) is 0 Å². The summed E-state index contributed by atoms with van der Waals surface area (Å²) in [7, 11) is 1.59. The quantitative estimate of drug-likeness (QED) is 0.612. The molecule has 1 rings (SSSR count). The first-order chi connectivity index (χ1) is 8.21. The number of rotatable bonds is 4. The molecule has 0 aromatic heterocycles. The zero-order valence-corrected chi connectivity index (χ0v) is 10.1. The summed E-state index contributed by atoms with van der Waals surface area (Å²) in [6.45, 7) is 2.07. The highest BCUT2D eigenvalue weighted by Crippen LogP contribution is 2.11. The van der Waals surface area contributed by atoms with Crippen LogP contribution in [-0.4, -0.2) is 19.2 Å². The van der Waals surface area contributed by atoms with Gasteiger partial charge in [0.25, 0.3) is 5.91 Å². The van der Waals surface area contributed by atoms with E-state index in [1.54, 1.807) is 7.05 Å². The third-order valence-corrected chi connectivity index (χ3v) is 2.30. The first-order valence-corrected chi connectivity index (χ1v) is 5.45. The van der Waals surface area contributed by atoms with Gasteiger partial charge in [0.05, 0.1) is 5.57 Å². The molecule has 0 heterocycles. The lowest BCUT2D eigenvalue weighted by atomic mass is 10.1. The van der Waals surface area contributed by atoms with Gasteiger partial charge in [0.2, 0.25) is 0 Å². The molecule has 0 aliphatic rings. The van der Waals surface area contributed by atoms with Crippen molar-refractivity contribution in [1.82, 2.24) is 0 Å². The normalized spacial score (nSPS) is 11.8. The number of carbonyl (C=O) groups is 1. The Morgan fingerprint density at radius 2 is 2.29 bits per heavy atom. The number of benzene rings is 1. The van der Waals surface area contributed by atoms with E-state index in [0.29, 0.717) is 5.57 Å². The largest absolute Gasteiger partial charge is 0.404 e. The fourth-order valence-corrected chi connectivity index (χ4v) is 1.39. The standard InChI is InChI=1S/C13H17N3O/c1-3-10-5-4-6-12(7-10)16-13(17)11(8-14)9-15-2/h4-9H,3,14H2,1-2H3,(H,16,17)/b11-8+,15-9?. The number of hydrogen-bond donors (Lipinski definition) is 2. The molecule has 0 saturated carbocycles. The molecule has 0 atom stereocenters. The molecule has 4 nitrogen and oxygen atoms in total. The number of carbonyl (C=O) groups excluding carboxylic acids is 1.